The molecule has 0 bridgehead atoms. The van der Waals surface area contributed by atoms with Gasteiger partial charge in [0.15, 0.2) is 0 Å². The minimum Gasteiger partial charge on any atom is -0.330 e. The van der Waals surface area contributed by atoms with Crippen molar-refractivity contribution >= 4 is 10.0 Å². The van der Waals surface area contributed by atoms with Crippen molar-refractivity contribution in [2.24, 2.45) is 11.7 Å². The molecular weight excluding hydrogens is 272 g/mol. The Morgan fingerprint density at radius 2 is 2.05 bits per heavy atom. The van der Waals surface area contributed by atoms with Crippen LogP contribution in [-0.2, 0) is 15.8 Å². The largest absolute Gasteiger partial charge is 0.330 e. The summed E-state index contributed by atoms with van der Waals surface area (Å²) in [7, 11) is -3.30. The van der Waals surface area contributed by atoms with E-state index in [1.165, 1.54) is 0 Å². The zero-order chi connectivity index (χ0) is 14.6. The molecule has 3 N–H and O–H groups in total. The van der Waals surface area contributed by atoms with Gasteiger partial charge in [-0.2, -0.15) is 0 Å². The summed E-state index contributed by atoms with van der Waals surface area (Å²) in [5.74, 6) is 0.318. The summed E-state index contributed by atoms with van der Waals surface area (Å²) in [4.78, 5) is 0. The number of nitrogens with two attached hydrogens (primary N) is 1. The molecule has 2 atom stereocenters. The molecule has 0 spiro atoms. The molecule has 0 aliphatic heterocycles. The zero-order valence-electron chi connectivity index (χ0n) is 12.0. The average Bonchev–Trinajstić information content (AvgIpc) is 2.38. The van der Waals surface area contributed by atoms with Crippen molar-refractivity contribution in [3.63, 3.8) is 0 Å². The summed E-state index contributed by atoms with van der Waals surface area (Å²) in [6, 6.07) is 7.63. The first kappa shape index (κ1) is 15.5. The maximum atomic E-state index is 12.3. The standard InChI is InChI=1S/C15H24N2O2S/c1-12-5-4-6-13(9-12)11-20(18,19)17-15-8-3-2-7-14(15)10-16/h4-6,9,14-15,17H,2-3,7-8,10-11,16H2,1H3. The number of hydrogen-bond acceptors (Lipinski definition) is 3. The van der Waals surface area contributed by atoms with E-state index in [4.69, 9.17) is 5.73 Å². The third-order valence-corrected chi connectivity index (χ3v) is 5.36. The zero-order valence-corrected chi connectivity index (χ0v) is 12.8. The predicted molar refractivity (Wildman–Crippen MR) is 81.7 cm³/mol. The molecule has 1 saturated carbocycles. The molecule has 0 radical (unpaired) electrons. The SMILES string of the molecule is Cc1cccc(CS(=O)(=O)NC2CCCCC2CN)c1. The molecule has 112 valence electrons. The minimum atomic E-state index is -3.30. The molecule has 2 rings (SSSR count). The monoisotopic (exact) mass is 296 g/mol. The molecule has 0 amide bonds. The van der Waals surface area contributed by atoms with E-state index < -0.39 is 10.0 Å². The highest BCUT2D eigenvalue weighted by atomic mass is 32.2. The Balaban J connectivity index is 2.03. The molecule has 1 aromatic rings. The maximum absolute atomic E-state index is 12.3. The van der Waals surface area contributed by atoms with E-state index in [0.29, 0.717) is 6.54 Å². The number of hydrogen-bond donors (Lipinski definition) is 2. The molecule has 0 heterocycles. The molecule has 4 nitrogen and oxygen atoms in total. The molecule has 1 fully saturated rings. The van der Waals surface area contributed by atoms with E-state index in [1.54, 1.807) is 0 Å². The number of nitrogens with one attached hydrogen (secondary N) is 1. The molecule has 1 aromatic carbocycles. The molecule has 2 unspecified atom stereocenters. The summed E-state index contributed by atoms with van der Waals surface area (Å²) in [6.45, 7) is 2.52. The third-order valence-electron chi connectivity index (χ3n) is 3.98. The van der Waals surface area contributed by atoms with Crippen molar-refractivity contribution in [1.82, 2.24) is 4.72 Å². The van der Waals surface area contributed by atoms with Crippen molar-refractivity contribution in [2.75, 3.05) is 6.54 Å². The van der Waals surface area contributed by atoms with Gasteiger partial charge in [-0.05, 0) is 37.8 Å². The number of benzene rings is 1. The normalized spacial score (nSPS) is 23.7. The van der Waals surface area contributed by atoms with Crippen LogP contribution in [0.1, 0.15) is 36.8 Å². The van der Waals surface area contributed by atoms with Gasteiger partial charge in [0.1, 0.15) is 0 Å². The number of sulfonamides is 1. The van der Waals surface area contributed by atoms with Crippen molar-refractivity contribution < 1.29 is 8.42 Å². The van der Waals surface area contributed by atoms with E-state index in [-0.39, 0.29) is 17.7 Å². The van der Waals surface area contributed by atoms with Crippen LogP contribution in [0.15, 0.2) is 24.3 Å². The van der Waals surface area contributed by atoms with Crippen LogP contribution in [0.5, 0.6) is 0 Å². The van der Waals surface area contributed by atoms with Gasteiger partial charge in [-0.3, -0.25) is 0 Å². The Kier molecular flexibility index (Phi) is 5.18. The lowest BCUT2D eigenvalue weighted by Crippen LogP contribution is -2.45. The second-order valence-electron chi connectivity index (χ2n) is 5.75. The van der Waals surface area contributed by atoms with Gasteiger partial charge in [-0.15, -0.1) is 0 Å². The van der Waals surface area contributed by atoms with E-state index in [9.17, 15) is 8.42 Å². The number of rotatable bonds is 5. The van der Waals surface area contributed by atoms with Crippen molar-refractivity contribution in [3.8, 4) is 0 Å². The van der Waals surface area contributed by atoms with Gasteiger partial charge in [0.2, 0.25) is 10.0 Å². The van der Waals surface area contributed by atoms with Crippen LogP contribution in [0.3, 0.4) is 0 Å². The van der Waals surface area contributed by atoms with E-state index in [2.05, 4.69) is 4.72 Å². The van der Waals surface area contributed by atoms with Crippen LogP contribution in [0.25, 0.3) is 0 Å². The Labute approximate surface area is 121 Å². The average molecular weight is 296 g/mol. The van der Waals surface area contributed by atoms with E-state index in [0.717, 1.165) is 36.8 Å². The highest BCUT2D eigenvalue weighted by molar-refractivity contribution is 7.88. The van der Waals surface area contributed by atoms with E-state index >= 15 is 0 Å². The molecule has 20 heavy (non-hydrogen) atoms. The Morgan fingerprint density at radius 3 is 2.75 bits per heavy atom. The van der Waals surface area contributed by atoms with Gasteiger partial charge in [-0.25, -0.2) is 13.1 Å². The predicted octanol–water partition coefficient (Wildman–Crippen LogP) is 1.93. The molecule has 1 aliphatic carbocycles. The van der Waals surface area contributed by atoms with Gasteiger partial charge in [0, 0.05) is 6.04 Å². The van der Waals surface area contributed by atoms with Crippen LogP contribution in [-0.4, -0.2) is 21.0 Å². The van der Waals surface area contributed by atoms with Crippen molar-refractivity contribution in [2.45, 2.75) is 44.4 Å². The van der Waals surface area contributed by atoms with Gasteiger partial charge in [0.25, 0.3) is 0 Å². The fourth-order valence-corrected chi connectivity index (χ4v) is 4.41. The number of aryl methyl sites for hydroxylation is 1. The molecule has 0 saturated heterocycles. The smallest absolute Gasteiger partial charge is 0.216 e. The lowest BCUT2D eigenvalue weighted by molar-refractivity contribution is 0.296. The maximum Gasteiger partial charge on any atom is 0.216 e. The van der Waals surface area contributed by atoms with Crippen LogP contribution in [0.2, 0.25) is 0 Å². The minimum absolute atomic E-state index is 0.00330. The van der Waals surface area contributed by atoms with Crippen LogP contribution in [0, 0.1) is 12.8 Å². The van der Waals surface area contributed by atoms with E-state index in [1.807, 2.05) is 31.2 Å². The third kappa shape index (κ3) is 4.30. The quantitative estimate of drug-likeness (QED) is 0.872. The van der Waals surface area contributed by atoms with Gasteiger partial charge in [0.05, 0.1) is 5.75 Å². The fraction of sp³-hybridized carbons (Fsp3) is 0.600. The summed E-state index contributed by atoms with van der Waals surface area (Å²) in [6.07, 6.45) is 4.15. The summed E-state index contributed by atoms with van der Waals surface area (Å²) >= 11 is 0. The lowest BCUT2D eigenvalue weighted by atomic mass is 9.85. The molecule has 0 aromatic heterocycles. The highest BCUT2D eigenvalue weighted by Crippen LogP contribution is 2.24. The first-order chi connectivity index (χ1) is 9.50. The van der Waals surface area contributed by atoms with Crippen LogP contribution in [0.4, 0.5) is 0 Å². The summed E-state index contributed by atoms with van der Waals surface area (Å²) in [5.41, 5.74) is 7.66. The lowest BCUT2D eigenvalue weighted by Gasteiger charge is -2.31. The first-order valence-corrected chi connectivity index (χ1v) is 8.91. The topological polar surface area (TPSA) is 72.2 Å². The Hall–Kier alpha value is -0.910. The highest BCUT2D eigenvalue weighted by Gasteiger charge is 2.27. The second-order valence-corrected chi connectivity index (χ2v) is 7.51. The first-order valence-electron chi connectivity index (χ1n) is 7.26. The molecule has 5 heteroatoms. The second kappa shape index (κ2) is 6.70. The Bertz CT molecular complexity index is 543. The van der Waals surface area contributed by atoms with Gasteiger partial charge in [-0.1, -0.05) is 42.7 Å². The molecule has 1 aliphatic rings. The Morgan fingerprint density at radius 1 is 1.30 bits per heavy atom. The van der Waals surface area contributed by atoms with Gasteiger partial charge < -0.3 is 5.73 Å². The molecular formula is C15H24N2O2S. The summed E-state index contributed by atoms with van der Waals surface area (Å²) < 4.78 is 27.4. The van der Waals surface area contributed by atoms with Crippen LogP contribution >= 0.6 is 0 Å². The van der Waals surface area contributed by atoms with Crippen LogP contribution < -0.4 is 10.5 Å². The fourth-order valence-electron chi connectivity index (χ4n) is 2.94. The van der Waals surface area contributed by atoms with Gasteiger partial charge >= 0.3 is 0 Å². The van der Waals surface area contributed by atoms with Crippen molar-refractivity contribution in [3.05, 3.63) is 35.4 Å². The van der Waals surface area contributed by atoms with Crippen molar-refractivity contribution in [1.29, 1.82) is 0 Å². The summed E-state index contributed by atoms with van der Waals surface area (Å²) in [5, 5.41) is 0.